The Balaban J connectivity index is 2.53. The fraction of sp³-hybridized carbons (Fsp3) is 0.667. The Morgan fingerprint density at radius 2 is 2.12 bits per heavy atom. The Kier molecular flexibility index (Phi) is 5.69. The molecule has 0 radical (unpaired) electrons. The van der Waals surface area contributed by atoms with E-state index in [0.29, 0.717) is 5.88 Å². The van der Waals surface area contributed by atoms with Crippen molar-refractivity contribution in [3.63, 3.8) is 0 Å². The summed E-state index contributed by atoms with van der Waals surface area (Å²) in [4.78, 5) is 8.17. The molecule has 1 heterocycles. The molecule has 0 aliphatic heterocycles. The summed E-state index contributed by atoms with van der Waals surface area (Å²) in [5.41, 5.74) is 0. The minimum atomic E-state index is 0.101. The van der Waals surface area contributed by atoms with E-state index < -0.39 is 0 Å². The van der Waals surface area contributed by atoms with Crippen LogP contribution < -0.4 is 10.1 Å². The molecule has 1 rings (SSSR count). The van der Waals surface area contributed by atoms with Crippen LogP contribution in [0.4, 0.5) is 5.82 Å². The number of aromatic nitrogens is 2. The lowest BCUT2D eigenvalue weighted by Gasteiger charge is -2.14. The van der Waals surface area contributed by atoms with Gasteiger partial charge in [-0.1, -0.05) is 0 Å². The Labute approximate surface area is 102 Å². The number of hydrogen-bond donors (Lipinski definition) is 2. The van der Waals surface area contributed by atoms with Crippen LogP contribution in [0.2, 0.25) is 0 Å². The summed E-state index contributed by atoms with van der Waals surface area (Å²) in [7, 11) is 0. The van der Waals surface area contributed by atoms with E-state index in [1.807, 2.05) is 13.8 Å². The van der Waals surface area contributed by atoms with Crippen molar-refractivity contribution in [1.29, 1.82) is 0 Å². The van der Waals surface area contributed by atoms with Gasteiger partial charge in [0.25, 0.3) is 0 Å². The average Bonchev–Trinajstić information content (AvgIpc) is 2.26. The first-order valence-electron chi connectivity index (χ1n) is 5.98. The van der Waals surface area contributed by atoms with E-state index >= 15 is 0 Å². The van der Waals surface area contributed by atoms with Crippen LogP contribution in [0.5, 0.6) is 5.88 Å². The maximum Gasteiger partial charge on any atom is 0.218 e. The van der Waals surface area contributed by atoms with Crippen molar-refractivity contribution >= 4 is 5.82 Å². The lowest BCUT2D eigenvalue weighted by atomic mass is 10.2. The van der Waals surface area contributed by atoms with Gasteiger partial charge in [0.05, 0.1) is 6.10 Å². The third kappa shape index (κ3) is 5.49. The van der Waals surface area contributed by atoms with Gasteiger partial charge in [0, 0.05) is 18.7 Å². The highest BCUT2D eigenvalue weighted by molar-refractivity contribution is 5.37. The molecule has 0 amide bonds. The van der Waals surface area contributed by atoms with Crippen LogP contribution in [-0.4, -0.2) is 33.8 Å². The summed E-state index contributed by atoms with van der Waals surface area (Å²) in [5.74, 6) is 1.33. The highest BCUT2D eigenvalue weighted by Crippen LogP contribution is 2.14. The van der Waals surface area contributed by atoms with Gasteiger partial charge in [0.1, 0.15) is 12.1 Å². The van der Waals surface area contributed by atoms with E-state index in [1.54, 1.807) is 6.07 Å². The first-order valence-corrected chi connectivity index (χ1v) is 5.98. The second-order valence-electron chi connectivity index (χ2n) is 4.32. The molecule has 0 aliphatic rings. The third-order valence-corrected chi connectivity index (χ3v) is 2.19. The summed E-state index contributed by atoms with van der Waals surface area (Å²) >= 11 is 0. The predicted octanol–water partition coefficient (Wildman–Crippen LogP) is 1.84. The molecule has 0 spiro atoms. The predicted molar refractivity (Wildman–Crippen MR) is 67.2 cm³/mol. The molecule has 5 heteroatoms. The second-order valence-corrected chi connectivity index (χ2v) is 4.32. The van der Waals surface area contributed by atoms with Crippen LogP contribution in [0.15, 0.2) is 12.4 Å². The maximum absolute atomic E-state index is 8.75. The SMILES string of the molecule is CC(CCCO)Nc1cc(OC(C)C)ncn1. The van der Waals surface area contributed by atoms with E-state index in [0.717, 1.165) is 18.7 Å². The molecule has 0 bridgehead atoms. The summed E-state index contributed by atoms with van der Waals surface area (Å²) < 4.78 is 5.49. The first-order chi connectivity index (χ1) is 8.11. The van der Waals surface area contributed by atoms with Crippen LogP contribution in [-0.2, 0) is 0 Å². The Morgan fingerprint density at radius 1 is 1.35 bits per heavy atom. The molecule has 5 nitrogen and oxygen atoms in total. The zero-order chi connectivity index (χ0) is 12.7. The molecule has 0 saturated heterocycles. The van der Waals surface area contributed by atoms with Gasteiger partial charge in [-0.3, -0.25) is 0 Å². The lowest BCUT2D eigenvalue weighted by Crippen LogP contribution is -2.17. The molecule has 1 aromatic heterocycles. The van der Waals surface area contributed by atoms with Crippen LogP contribution in [0, 0.1) is 0 Å². The highest BCUT2D eigenvalue weighted by Gasteiger charge is 2.05. The summed E-state index contributed by atoms with van der Waals surface area (Å²) in [5, 5.41) is 12.0. The maximum atomic E-state index is 8.75. The first kappa shape index (κ1) is 13.7. The normalized spacial score (nSPS) is 12.5. The molecule has 0 aromatic carbocycles. The Morgan fingerprint density at radius 3 is 2.76 bits per heavy atom. The number of aliphatic hydroxyl groups excluding tert-OH is 1. The van der Waals surface area contributed by atoms with Crippen molar-refractivity contribution in [2.24, 2.45) is 0 Å². The van der Waals surface area contributed by atoms with Crippen molar-refractivity contribution < 1.29 is 9.84 Å². The van der Waals surface area contributed by atoms with Crippen molar-refractivity contribution in [2.75, 3.05) is 11.9 Å². The van der Waals surface area contributed by atoms with Gasteiger partial charge in [-0.2, -0.15) is 0 Å². The second kappa shape index (κ2) is 7.06. The monoisotopic (exact) mass is 239 g/mol. The summed E-state index contributed by atoms with van der Waals surface area (Å²) in [6.07, 6.45) is 3.28. The number of nitrogens with zero attached hydrogens (tertiary/aromatic N) is 2. The number of anilines is 1. The molecule has 1 aromatic rings. The largest absolute Gasteiger partial charge is 0.475 e. The topological polar surface area (TPSA) is 67.3 Å². The van der Waals surface area contributed by atoms with Crippen molar-refractivity contribution in [3.8, 4) is 5.88 Å². The van der Waals surface area contributed by atoms with E-state index in [1.165, 1.54) is 6.33 Å². The van der Waals surface area contributed by atoms with Gasteiger partial charge in [0.2, 0.25) is 5.88 Å². The zero-order valence-electron chi connectivity index (χ0n) is 10.7. The smallest absolute Gasteiger partial charge is 0.218 e. The molecule has 0 saturated carbocycles. The van der Waals surface area contributed by atoms with Crippen LogP contribution in [0.25, 0.3) is 0 Å². The van der Waals surface area contributed by atoms with Gasteiger partial charge in [-0.05, 0) is 33.6 Å². The minimum Gasteiger partial charge on any atom is -0.475 e. The van der Waals surface area contributed by atoms with Crippen LogP contribution >= 0.6 is 0 Å². The van der Waals surface area contributed by atoms with Gasteiger partial charge in [-0.25, -0.2) is 9.97 Å². The molecule has 1 unspecified atom stereocenters. The standard InChI is InChI=1S/C12H21N3O2/c1-9(2)17-12-7-11(13-8-14-12)15-10(3)5-4-6-16/h7-10,16H,4-6H2,1-3H3,(H,13,14,15). The Bertz CT molecular complexity index is 331. The highest BCUT2D eigenvalue weighted by atomic mass is 16.5. The van der Waals surface area contributed by atoms with E-state index in [9.17, 15) is 0 Å². The quantitative estimate of drug-likeness (QED) is 0.760. The van der Waals surface area contributed by atoms with Crippen LogP contribution in [0.3, 0.4) is 0 Å². The zero-order valence-corrected chi connectivity index (χ0v) is 10.7. The molecule has 96 valence electrons. The van der Waals surface area contributed by atoms with Crippen molar-refractivity contribution in [2.45, 2.75) is 45.8 Å². The third-order valence-electron chi connectivity index (χ3n) is 2.19. The number of aliphatic hydroxyl groups is 1. The molecular formula is C12H21N3O2. The molecule has 0 aliphatic carbocycles. The minimum absolute atomic E-state index is 0.101. The van der Waals surface area contributed by atoms with Crippen molar-refractivity contribution in [1.82, 2.24) is 9.97 Å². The Hall–Kier alpha value is -1.36. The molecule has 0 fully saturated rings. The van der Waals surface area contributed by atoms with Gasteiger partial charge in [-0.15, -0.1) is 0 Å². The molecule has 2 N–H and O–H groups in total. The van der Waals surface area contributed by atoms with E-state index in [4.69, 9.17) is 9.84 Å². The van der Waals surface area contributed by atoms with E-state index in [2.05, 4.69) is 22.2 Å². The lowest BCUT2D eigenvalue weighted by molar-refractivity contribution is 0.232. The van der Waals surface area contributed by atoms with Crippen LogP contribution in [0.1, 0.15) is 33.6 Å². The number of ether oxygens (including phenoxy) is 1. The fourth-order valence-electron chi connectivity index (χ4n) is 1.45. The van der Waals surface area contributed by atoms with E-state index in [-0.39, 0.29) is 18.8 Å². The molecular weight excluding hydrogens is 218 g/mol. The number of hydrogen-bond acceptors (Lipinski definition) is 5. The van der Waals surface area contributed by atoms with Gasteiger partial charge >= 0.3 is 0 Å². The molecule has 1 atom stereocenters. The average molecular weight is 239 g/mol. The summed E-state index contributed by atoms with van der Waals surface area (Å²) in [6.45, 7) is 6.19. The fourth-order valence-corrected chi connectivity index (χ4v) is 1.45. The van der Waals surface area contributed by atoms with Crippen molar-refractivity contribution in [3.05, 3.63) is 12.4 Å². The summed E-state index contributed by atoms with van der Waals surface area (Å²) in [6, 6.07) is 2.05. The number of nitrogens with one attached hydrogen (secondary N) is 1. The van der Waals surface area contributed by atoms with Gasteiger partial charge in [0.15, 0.2) is 0 Å². The molecule has 17 heavy (non-hydrogen) atoms. The number of rotatable bonds is 7. The van der Waals surface area contributed by atoms with Gasteiger partial charge < -0.3 is 15.2 Å².